The summed E-state index contributed by atoms with van der Waals surface area (Å²) in [5.41, 5.74) is 8.34. The molecule has 1 aromatic rings. The third kappa shape index (κ3) is 3.59. The molecule has 16 heavy (non-hydrogen) atoms. The van der Waals surface area contributed by atoms with E-state index >= 15 is 0 Å². The van der Waals surface area contributed by atoms with E-state index in [2.05, 4.69) is 36.1 Å². The molecule has 3 nitrogen and oxygen atoms in total. The first-order valence-electron chi connectivity index (χ1n) is 5.67. The molecule has 0 aliphatic heterocycles. The van der Waals surface area contributed by atoms with Crippen molar-refractivity contribution in [1.82, 2.24) is 4.90 Å². The molecule has 0 aromatic heterocycles. The lowest BCUT2D eigenvalue weighted by Gasteiger charge is -2.29. The van der Waals surface area contributed by atoms with E-state index < -0.39 is 0 Å². The van der Waals surface area contributed by atoms with Crippen LogP contribution in [0.25, 0.3) is 0 Å². The van der Waals surface area contributed by atoms with Crippen LogP contribution >= 0.6 is 0 Å². The van der Waals surface area contributed by atoms with E-state index in [1.54, 1.807) is 0 Å². The van der Waals surface area contributed by atoms with Gasteiger partial charge in [0.05, 0.1) is 6.61 Å². The smallest absolute Gasteiger partial charge is 0.0601 e. The van der Waals surface area contributed by atoms with Gasteiger partial charge in [0.15, 0.2) is 0 Å². The van der Waals surface area contributed by atoms with Gasteiger partial charge in [-0.15, -0.1) is 0 Å². The van der Waals surface area contributed by atoms with Gasteiger partial charge in [0.2, 0.25) is 0 Å². The van der Waals surface area contributed by atoms with Crippen LogP contribution in [0.4, 0.5) is 0 Å². The maximum Gasteiger partial charge on any atom is 0.0601 e. The van der Waals surface area contributed by atoms with Crippen LogP contribution in [0.1, 0.15) is 18.1 Å². The summed E-state index contributed by atoms with van der Waals surface area (Å²) in [5, 5.41) is 9.28. The predicted molar refractivity (Wildman–Crippen MR) is 67.2 cm³/mol. The third-order valence-corrected chi connectivity index (χ3v) is 2.87. The SMILES string of the molecule is Cc1cccc(CN(C)C(CO)C(C)N)c1. The number of benzene rings is 1. The highest BCUT2D eigenvalue weighted by molar-refractivity contribution is 5.22. The Kier molecular flexibility index (Phi) is 4.93. The molecule has 0 saturated heterocycles. The van der Waals surface area contributed by atoms with Crippen molar-refractivity contribution in [2.75, 3.05) is 13.7 Å². The summed E-state index contributed by atoms with van der Waals surface area (Å²) in [7, 11) is 1.99. The third-order valence-electron chi connectivity index (χ3n) is 2.87. The summed E-state index contributed by atoms with van der Waals surface area (Å²) in [6.45, 7) is 4.92. The molecule has 0 radical (unpaired) electrons. The van der Waals surface area contributed by atoms with E-state index in [0.717, 1.165) is 6.54 Å². The van der Waals surface area contributed by atoms with E-state index in [9.17, 15) is 5.11 Å². The summed E-state index contributed by atoms with van der Waals surface area (Å²) >= 11 is 0. The van der Waals surface area contributed by atoms with Gasteiger partial charge < -0.3 is 10.8 Å². The number of rotatable bonds is 5. The van der Waals surface area contributed by atoms with Crippen LogP contribution < -0.4 is 5.73 Å². The molecule has 3 N–H and O–H groups in total. The van der Waals surface area contributed by atoms with Gasteiger partial charge in [0.1, 0.15) is 0 Å². The Labute approximate surface area is 97.9 Å². The fraction of sp³-hybridized carbons (Fsp3) is 0.538. The summed E-state index contributed by atoms with van der Waals surface area (Å²) in [6.07, 6.45) is 0. The number of hydrogen-bond donors (Lipinski definition) is 2. The van der Waals surface area contributed by atoms with Crippen LogP contribution in [-0.2, 0) is 6.54 Å². The van der Waals surface area contributed by atoms with Gasteiger partial charge in [-0.1, -0.05) is 29.8 Å². The molecular formula is C13H22N2O. The van der Waals surface area contributed by atoms with Crippen molar-refractivity contribution in [3.8, 4) is 0 Å². The molecule has 0 fully saturated rings. The fourth-order valence-corrected chi connectivity index (χ4v) is 1.92. The Morgan fingerprint density at radius 1 is 1.44 bits per heavy atom. The molecular weight excluding hydrogens is 200 g/mol. The second-order valence-electron chi connectivity index (χ2n) is 4.51. The lowest BCUT2D eigenvalue weighted by Crippen LogP contribution is -2.46. The highest BCUT2D eigenvalue weighted by Crippen LogP contribution is 2.09. The lowest BCUT2D eigenvalue weighted by molar-refractivity contribution is 0.125. The minimum atomic E-state index is -0.0280. The van der Waals surface area contributed by atoms with Crippen molar-refractivity contribution in [1.29, 1.82) is 0 Å². The molecule has 0 spiro atoms. The van der Waals surface area contributed by atoms with Gasteiger partial charge in [-0.25, -0.2) is 0 Å². The number of hydrogen-bond acceptors (Lipinski definition) is 3. The first kappa shape index (κ1) is 13.2. The maximum absolute atomic E-state index is 9.28. The number of nitrogens with zero attached hydrogens (tertiary/aromatic N) is 1. The molecule has 3 heteroatoms. The number of aliphatic hydroxyl groups excluding tert-OH is 1. The number of likely N-dealkylation sites (N-methyl/N-ethyl adjacent to an activating group) is 1. The van der Waals surface area contributed by atoms with Crippen LogP contribution in [-0.4, -0.2) is 35.7 Å². The Morgan fingerprint density at radius 2 is 2.12 bits per heavy atom. The van der Waals surface area contributed by atoms with Crippen LogP contribution in [0.3, 0.4) is 0 Å². The second-order valence-corrected chi connectivity index (χ2v) is 4.51. The van der Waals surface area contributed by atoms with Crippen LogP contribution in [0.2, 0.25) is 0 Å². The van der Waals surface area contributed by atoms with Crippen LogP contribution in [0.5, 0.6) is 0 Å². The minimum absolute atomic E-state index is 0.0144. The zero-order valence-corrected chi connectivity index (χ0v) is 10.4. The first-order valence-corrected chi connectivity index (χ1v) is 5.67. The zero-order chi connectivity index (χ0) is 12.1. The quantitative estimate of drug-likeness (QED) is 0.785. The highest BCUT2D eigenvalue weighted by atomic mass is 16.3. The standard InChI is InChI=1S/C13H22N2O/c1-10-5-4-6-12(7-10)8-15(3)13(9-16)11(2)14/h4-7,11,13,16H,8-9,14H2,1-3H3. The molecule has 0 saturated carbocycles. The number of nitrogens with two attached hydrogens (primary N) is 1. The lowest BCUT2D eigenvalue weighted by atomic mass is 10.1. The minimum Gasteiger partial charge on any atom is -0.395 e. The molecule has 2 atom stereocenters. The van der Waals surface area contributed by atoms with Crippen molar-refractivity contribution >= 4 is 0 Å². The van der Waals surface area contributed by atoms with Gasteiger partial charge in [-0.05, 0) is 26.5 Å². The van der Waals surface area contributed by atoms with E-state index in [1.165, 1.54) is 11.1 Å². The Morgan fingerprint density at radius 3 is 2.62 bits per heavy atom. The Hall–Kier alpha value is -0.900. The van der Waals surface area contributed by atoms with Crippen LogP contribution in [0, 0.1) is 6.92 Å². The van der Waals surface area contributed by atoms with Crippen molar-refractivity contribution in [3.63, 3.8) is 0 Å². The normalized spacial score (nSPS) is 15.1. The van der Waals surface area contributed by atoms with E-state index in [-0.39, 0.29) is 18.7 Å². The summed E-state index contributed by atoms with van der Waals surface area (Å²) in [6, 6.07) is 8.38. The molecule has 0 aliphatic carbocycles. The second kappa shape index (κ2) is 5.99. The monoisotopic (exact) mass is 222 g/mol. The molecule has 1 rings (SSSR count). The Balaban J connectivity index is 2.66. The number of aliphatic hydroxyl groups is 1. The molecule has 2 unspecified atom stereocenters. The summed E-state index contributed by atoms with van der Waals surface area (Å²) in [4.78, 5) is 2.10. The zero-order valence-electron chi connectivity index (χ0n) is 10.4. The van der Waals surface area contributed by atoms with Gasteiger partial charge in [0, 0.05) is 18.6 Å². The summed E-state index contributed by atoms with van der Waals surface area (Å²) < 4.78 is 0. The Bertz CT molecular complexity index is 325. The molecule has 0 aliphatic rings. The molecule has 0 heterocycles. The van der Waals surface area contributed by atoms with Crippen molar-refractivity contribution in [2.45, 2.75) is 32.5 Å². The molecule has 1 aromatic carbocycles. The average Bonchev–Trinajstić information content (AvgIpc) is 2.17. The average molecular weight is 222 g/mol. The topological polar surface area (TPSA) is 49.5 Å². The maximum atomic E-state index is 9.28. The molecule has 0 bridgehead atoms. The largest absolute Gasteiger partial charge is 0.395 e. The molecule has 90 valence electrons. The number of aryl methyl sites for hydroxylation is 1. The molecule has 0 amide bonds. The summed E-state index contributed by atoms with van der Waals surface area (Å²) in [5.74, 6) is 0. The van der Waals surface area contributed by atoms with Gasteiger partial charge >= 0.3 is 0 Å². The predicted octanol–water partition coefficient (Wildman–Crippen LogP) is 1.13. The van der Waals surface area contributed by atoms with Crippen molar-refractivity contribution in [3.05, 3.63) is 35.4 Å². The van der Waals surface area contributed by atoms with Gasteiger partial charge in [0.25, 0.3) is 0 Å². The van der Waals surface area contributed by atoms with Crippen LogP contribution in [0.15, 0.2) is 24.3 Å². The highest BCUT2D eigenvalue weighted by Gasteiger charge is 2.17. The van der Waals surface area contributed by atoms with E-state index in [4.69, 9.17) is 5.73 Å². The van der Waals surface area contributed by atoms with Gasteiger partial charge in [-0.3, -0.25) is 4.90 Å². The first-order chi connectivity index (χ1) is 7.54. The fourth-order valence-electron chi connectivity index (χ4n) is 1.92. The van der Waals surface area contributed by atoms with E-state index in [0.29, 0.717) is 0 Å². The van der Waals surface area contributed by atoms with Gasteiger partial charge in [-0.2, -0.15) is 0 Å². The van der Waals surface area contributed by atoms with Crippen molar-refractivity contribution < 1.29 is 5.11 Å². The van der Waals surface area contributed by atoms with E-state index in [1.807, 2.05) is 14.0 Å². The van der Waals surface area contributed by atoms with Crippen molar-refractivity contribution in [2.24, 2.45) is 5.73 Å².